The molecule has 0 aromatic heterocycles. The maximum Gasteiger partial charge on any atom is 0.298 e. The van der Waals surface area contributed by atoms with E-state index in [9.17, 15) is 40.8 Å². The number of hydrogen-bond acceptors (Lipinski definition) is 15. The Morgan fingerprint density at radius 1 is 0.508 bits per heavy atom. The Bertz CT molecular complexity index is 3190. The van der Waals surface area contributed by atoms with Gasteiger partial charge < -0.3 is 27.4 Å². The SMILES string of the molecule is COS(=O)(=O)c1cc(Nc2ccc(C)c(NC(C)=O)c2)c2c(c1N)C(=O)c1ccccc1C2=O.COS(=O)(=O)c1cc(Nc2ccccc2)c2c(c1N)C(=O)c1ccccc1C2=O. The van der Waals surface area contributed by atoms with E-state index in [1.165, 1.54) is 37.3 Å². The third-order valence-electron chi connectivity index (χ3n) is 10.3. The molecule has 0 spiro atoms. The van der Waals surface area contributed by atoms with Gasteiger partial charge >= 0.3 is 0 Å². The summed E-state index contributed by atoms with van der Waals surface area (Å²) >= 11 is 0. The molecular formula is C45H37N5O11S2. The molecule has 6 aromatic rings. The molecule has 0 aliphatic heterocycles. The highest BCUT2D eigenvalue weighted by Gasteiger charge is 2.38. The zero-order chi connectivity index (χ0) is 45.5. The summed E-state index contributed by atoms with van der Waals surface area (Å²) < 4.78 is 59.3. The van der Waals surface area contributed by atoms with Crippen LogP contribution >= 0.6 is 0 Å². The van der Waals surface area contributed by atoms with E-state index in [2.05, 4.69) is 24.3 Å². The van der Waals surface area contributed by atoms with Gasteiger partial charge in [0.2, 0.25) is 5.91 Å². The fraction of sp³-hybridized carbons (Fsp3) is 0.0889. The number of nitrogens with one attached hydrogen (secondary N) is 3. The predicted octanol–water partition coefficient (Wildman–Crippen LogP) is 6.51. The molecule has 18 heteroatoms. The van der Waals surface area contributed by atoms with Crippen molar-refractivity contribution in [3.8, 4) is 0 Å². The molecule has 0 heterocycles. The van der Waals surface area contributed by atoms with E-state index in [-0.39, 0.29) is 78.1 Å². The Labute approximate surface area is 361 Å². The molecule has 2 aliphatic rings. The lowest BCUT2D eigenvalue weighted by molar-refractivity contribution is -0.114. The molecular weight excluding hydrogens is 851 g/mol. The number of hydrogen-bond donors (Lipinski definition) is 5. The molecule has 16 nitrogen and oxygen atoms in total. The summed E-state index contributed by atoms with van der Waals surface area (Å²) in [5.74, 6) is -2.24. The summed E-state index contributed by atoms with van der Waals surface area (Å²) in [4.78, 5) is 63.8. The van der Waals surface area contributed by atoms with Crippen molar-refractivity contribution in [3.05, 3.63) is 159 Å². The smallest absolute Gasteiger partial charge is 0.298 e. The summed E-state index contributed by atoms with van der Waals surface area (Å²) in [6, 6.07) is 28.9. The highest BCUT2D eigenvalue weighted by Crippen LogP contribution is 2.42. The van der Waals surface area contributed by atoms with Crippen LogP contribution in [-0.2, 0) is 33.4 Å². The van der Waals surface area contributed by atoms with Gasteiger partial charge in [0, 0.05) is 46.2 Å². The Morgan fingerprint density at radius 3 is 1.29 bits per heavy atom. The number of anilines is 7. The molecule has 0 radical (unpaired) electrons. The van der Waals surface area contributed by atoms with Crippen LogP contribution in [0.1, 0.15) is 76.2 Å². The summed E-state index contributed by atoms with van der Waals surface area (Å²) in [7, 11) is -6.56. The van der Waals surface area contributed by atoms with E-state index in [0.717, 1.165) is 19.8 Å². The molecule has 6 aromatic carbocycles. The van der Waals surface area contributed by atoms with Crippen molar-refractivity contribution >= 4 is 89.1 Å². The molecule has 320 valence electrons. The van der Waals surface area contributed by atoms with Gasteiger partial charge in [0.15, 0.2) is 23.1 Å². The lowest BCUT2D eigenvalue weighted by Gasteiger charge is -2.24. The van der Waals surface area contributed by atoms with Crippen molar-refractivity contribution in [3.63, 3.8) is 0 Å². The summed E-state index contributed by atoms with van der Waals surface area (Å²) in [5.41, 5.74) is 14.5. The third kappa shape index (κ3) is 7.94. The van der Waals surface area contributed by atoms with Crippen LogP contribution in [0.15, 0.2) is 119 Å². The normalized spacial score (nSPS) is 12.8. The monoisotopic (exact) mass is 887 g/mol. The largest absolute Gasteiger partial charge is 0.397 e. The summed E-state index contributed by atoms with van der Waals surface area (Å²) in [6.45, 7) is 3.18. The average Bonchev–Trinajstić information content (AvgIpc) is 3.27. The van der Waals surface area contributed by atoms with Gasteiger partial charge in [-0.25, -0.2) is 0 Å². The molecule has 2 aliphatic carbocycles. The number of carbonyl (C=O) groups excluding carboxylic acids is 5. The van der Waals surface area contributed by atoms with Crippen LogP contribution in [0.3, 0.4) is 0 Å². The van der Waals surface area contributed by atoms with E-state index in [1.807, 2.05) is 13.0 Å². The highest BCUT2D eigenvalue weighted by atomic mass is 32.2. The molecule has 7 N–H and O–H groups in total. The number of rotatable bonds is 9. The third-order valence-corrected chi connectivity index (χ3v) is 12.9. The second kappa shape index (κ2) is 16.7. The molecule has 0 bridgehead atoms. The van der Waals surface area contributed by atoms with Gasteiger partial charge in [-0.05, 0) is 48.9 Å². The first-order valence-corrected chi connectivity index (χ1v) is 21.6. The Balaban J connectivity index is 0.000000191. The van der Waals surface area contributed by atoms with Crippen molar-refractivity contribution in [2.75, 3.05) is 41.6 Å². The molecule has 0 fully saturated rings. The number of amides is 1. The van der Waals surface area contributed by atoms with Crippen LogP contribution in [0.2, 0.25) is 0 Å². The van der Waals surface area contributed by atoms with Gasteiger partial charge in [-0.15, -0.1) is 0 Å². The lowest BCUT2D eigenvalue weighted by atomic mass is 9.82. The zero-order valence-electron chi connectivity index (χ0n) is 33.9. The van der Waals surface area contributed by atoms with Crippen LogP contribution in [-0.4, -0.2) is 60.1 Å². The predicted molar refractivity (Wildman–Crippen MR) is 235 cm³/mol. The van der Waals surface area contributed by atoms with Crippen LogP contribution in [0.5, 0.6) is 0 Å². The van der Waals surface area contributed by atoms with Gasteiger partial charge in [0.1, 0.15) is 9.79 Å². The van der Waals surface area contributed by atoms with E-state index < -0.39 is 48.3 Å². The molecule has 8 rings (SSSR count). The number of aryl methyl sites for hydroxylation is 1. The molecule has 0 saturated heterocycles. The quantitative estimate of drug-likeness (QED) is 0.0764. The number of fused-ring (bicyclic) bond motifs is 4. The van der Waals surface area contributed by atoms with Gasteiger partial charge in [-0.3, -0.25) is 32.3 Å². The Morgan fingerprint density at radius 2 is 0.889 bits per heavy atom. The Hall–Kier alpha value is -7.51. The second-order valence-corrected chi connectivity index (χ2v) is 17.5. The number of nitrogens with two attached hydrogens (primary N) is 2. The number of nitrogen functional groups attached to an aromatic ring is 2. The fourth-order valence-corrected chi connectivity index (χ4v) is 8.86. The fourth-order valence-electron chi connectivity index (χ4n) is 7.23. The number of ketones is 4. The van der Waals surface area contributed by atoms with Crippen molar-refractivity contribution in [1.82, 2.24) is 0 Å². The van der Waals surface area contributed by atoms with Crippen LogP contribution in [0, 0.1) is 6.92 Å². The lowest BCUT2D eigenvalue weighted by Crippen LogP contribution is -2.25. The number of carbonyl (C=O) groups is 5. The molecule has 0 unspecified atom stereocenters. The zero-order valence-corrected chi connectivity index (χ0v) is 35.5. The number of benzene rings is 6. The first kappa shape index (κ1) is 43.6. The van der Waals surface area contributed by atoms with E-state index >= 15 is 0 Å². The molecule has 0 saturated carbocycles. The summed E-state index contributed by atoms with van der Waals surface area (Å²) in [5, 5.41) is 8.76. The molecule has 1 amide bonds. The van der Waals surface area contributed by atoms with Crippen molar-refractivity contribution in [1.29, 1.82) is 0 Å². The van der Waals surface area contributed by atoms with E-state index in [0.29, 0.717) is 17.1 Å². The topological polar surface area (TPSA) is 260 Å². The van der Waals surface area contributed by atoms with Gasteiger partial charge in [-0.1, -0.05) is 72.8 Å². The standard InChI is InChI=1S/C24H21N3O6S.C21H16N2O5S/c1-12-8-9-14(10-17(12)26-13(2)28)27-18-11-19(34(31,32)33-3)22(25)21-20(18)23(29)15-6-4-5-7-16(15)24(21)30;1-28-29(26,27)16-11-15(23-12-7-3-2-4-8-12)17-18(19(16)22)21(25)14-10-6-5-9-13(14)20(17)24/h4-11,27H,25H2,1-3H3,(H,26,28);2-11,23H,22H2,1H3. The summed E-state index contributed by atoms with van der Waals surface area (Å²) in [6.07, 6.45) is 0. The van der Waals surface area contributed by atoms with Crippen molar-refractivity contribution in [2.45, 2.75) is 23.6 Å². The Kier molecular flexibility index (Phi) is 11.6. The van der Waals surface area contributed by atoms with Crippen LogP contribution in [0.25, 0.3) is 0 Å². The van der Waals surface area contributed by atoms with Gasteiger partial charge in [-0.2, -0.15) is 16.8 Å². The molecule has 63 heavy (non-hydrogen) atoms. The van der Waals surface area contributed by atoms with E-state index in [1.54, 1.807) is 72.8 Å². The van der Waals surface area contributed by atoms with Crippen molar-refractivity contribution in [2.24, 2.45) is 0 Å². The van der Waals surface area contributed by atoms with Crippen LogP contribution in [0.4, 0.5) is 39.8 Å². The van der Waals surface area contributed by atoms with Gasteiger partial charge in [0.25, 0.3) is 20.2 Å². The van der Waals surface area contributed by atoms with Crippen molar-refractivity contribution < 1.29 is 49.2 Å². The average molecular weight is 888 g/mol. The van der Waals surface area contributed by atoms with E-state index in [4.69, 9.17) is 11.5 Å². The maximum atomic E-state index is 13.4. The maximum absolute atomic E-state index is 13.4. The number of para-hydroxylation sites is 1. The second-order valence-electron chi connectivity index (χ2n) is 14.1. The van der Waals surface area contributed by atoms with Gasteiger partial charge in [0.05, 0.1) is 59.2 Å². The van der Waals surface area contributed by atoms with Crippen LogP contribution < -0.4 is 27.4 Å². The minimum Gasteiger partial charge on any atom is -0.397 e. The first-order chi connectivity index (χ1) is 29.9. The molecule has 0 atom stereocenters. The minimum atomic E-state index is -4.31. The first-order valence-electron chi connectivity index (χ1n) is 18.8. The highest BCUT2D eigenvalue weighted by molar-refractivity contribution is 7.87. The minimum absolute atomic E-state index is 0.0325.